The summed E-state index contributed by atoms with van der Waals surface area (Å²) >= 11 is 1.59. The monoisotopic (exact) mass is 535 g/mol. The van der Waals surface area contributed by atoms with E-state index in [1.165, 1.54) is 12.0 Å². The van der Waals surface area contributed by atoms with E-state index in [1.807, 2.05) is 18.4 Å². The number of urea groups is 1. The fraction of sp³-hybridized carbons (Fsp3) is 0.286. The Bertz CT molecular complexity index is 1340. The molecule has 2 aromatic carbocycles. The second-order valence-electron chi connectivity index (χ2n) is 8.69. The van der Waals surface area contributed by atoms with E-state index in [4.69, 9.17) is 9.47 Å². The number of rotatable bonds is 10. The molecule has 4 amide bonds. The number of methoxy groups -OCH3 is 1. The van der Waals surface area contributed by atoms with Crippen LogP contribution in [0.1, 0.15) is 34.1 Å². The zero-order valence-electron chi connectivity index (χ0n) is 21.4. The molecule has 0 unspecified atom stereocenters. The van der Waals surface area contributed by atoms with Gasteiger partial charge in [0.15, 0.2) is 0 Å². The number of imide groups is 1. The van der Waals surface area contributed by atoms with Crippen molar-refractivity contribution in [2.75, 3.05) is 30.5 Å². The minimum absolute atomic E-state index is 0.214. The molecule has 0 spiro atoms. The van der Waals surface area contributed by atoms with Crippen LogP contribution >= 0.6 is 11.3 Å². The van der Waals surface area contributed by atoms with Gasteiger partial charge in [0, 0.05) is 23.2 Å². The quantitative estimate of drug-likeness (QED) is 0.299. The number of nitrogens with one attached hydrogen (secondary N) is 1. The molecule has 0 aliphatic carbocycles. The summed E-state index contributed by atoms with van der Waals surface area (Å²) in [5.74, 6) is -0.838. The van der Waals surface area contributed by atoms with Crippen LogP contribution in [-0.2, 0) is 20.7 Å². The molecule has 1 N–H and O–H groups in total. The lowest BCUT2D eigenvalue weighted by atomic mass is 10.1. The minimum Gasteiger partial charge on any atom is -0.497 e. The standard InChI is InChI=1S/C28H29N3O6S/c1-4-37-27(34)19-8-10-20(11-9-19)29-25(32)17-23-26(33)31(21-6-5-7-22(16-21)36-3)28(35)30(23)14-12-24-18(2)13-15-38-24/h5-11,13,15-16,23H,4,12,14,17H2,1-3H3,(H,29,32)/t23-/m0/s1. The summed E-state index contributed by atoms with van der Waals surface area (Å²) in [6.45, 7) is 4.28. The second kappa shape index (κ2) is 11.9. The Morgan fingerprint density at radius 2 is 1.84 bits per heavy atom. The molecular formula is C28H29N3O6S. The molecule has 2 heterocycles. The summed E-state index contributed by atoms with van der Waals surface area (Å²) < 4.78 is 10.2. The van der Waals surface area contributed by atoms with Crippen molar-refractivity contribution in [1.82, 2.24) is 4.90 Å². The van der Waals surface area contributed by atoms with Gasteiger partial charge in [-0.3, -0.25) is 9.59 Å². The van der Waals surface area contributed by atoms with Crippen LogP contribution in [0.3, 0.4) is 0 Å². The van der Waals surface area contributed by atoms with E-state index in [1.54, 1.807) is 66.8 Å². The van der Waals surface area contributed by atoms with Crippen molar-refractivity contribution in [3.8, 4) is 5.75 Å². The van der Waals surface area contributed by atoms with Crippen LogP contribution in [0.2, 0.25) is 0 Å². The van der Waals surface area contributed by atoms with Gasteiger partial charge in [0.2, 0.25) is 5.91 Å². The van der Waals surface area contributed by atoms with Gasteiger partial charge in [-0.2, -0.15) is 0 Å². The van der Waals surface area contributed by atoms with Gasteiger partial charge in [-0.25, -0.2) is 14.5 Å². The Balaban J connectivity index is 1.52. The van der Waals surface area contributed by atoms with Crippen molar-refractivity contribution in [2.24, 2.45) is 0 Å². The second-order valence-corrected chi connectivity index (χ2v) is 9.69. The summed E-state index contributed by atoms with van der Waals surface area (Å²) in [6.07, 6.45) is 0.357. The highest BCUT2D eigenvalue weighted by Gasteiger charge is 2.46. The molecule has 1 aliphatic heterocycles. The number of ether oxygens (including phenoxy) is 2. The largest absolute Gasteiger partial charge is 0.497 e. The van der Waals surface area contributed by atoms with Crippen molar-refractivity contribution >= 4 is 46.5 Å². The van der Waals surface area contributed by atoms with Gasteiger partial charge < -0.3 is 19.7 Å². The molecule has 9 nitrogen and oxygen atoms in total. The number of hydrogen-bond acceptors (Lipinski definition) is 7. The first-order chi connectivity index (χ1) is 18.3. The van der Waals surface area contributed by atoms with Gasteiger partial charge in [0.1, 0.15) is 11.8 Å². The first kappa shape index (κ1) is 26.9. The molecular weight excluding hydrogens is 506 g/mol. The summed E-state index contributed by atoms with van der Waals surface area (Å²) in [5.41, 5.74) is 2.34. The number of anilines is 2. The van der Waals surface area contributed by atoms with Gasteiger partial charge in [-0.15, -0.1) is 11.3 Å². The summed E-state index contributed by atoms with van der Waals surface area (Å²) in [5, 5.41) is 4.75. The van der Waals surface area contributed by atoms with Crippen LogP contribution in [-0.4, -0.2) is 55.0 Å². The van der Waals surface area contributed by atoms with E-state index >= 15 is 0 Å². The molecule has 1 aromatic heterocycles. The number of amides is 4. The first-order valence-corrected chi connectivity index (χ1v) is 13.1. The maximum atomic E-state index is 13.5. The number of nitrogens with zero attached hydrogens (tertiary/aromatic N) is 2. The summed E-state index contributed by atoms with van der Waals surface area (Å²) in [4.78, 5) is 55.6. The number of carbonyl (C=O) groups excluding carboxylic acids is 4. The lowest BCUT2D eigenvalue weighted by Crippen LogP contribution is -2.39. The first-order valence-electron chi connectivity index (χ1n) is 12.2. The van der Waals surface area contributed by atoms with Crippen LogP contribution in [0.25, 0.3) is 0 Å². The smallest absolute Gasteiger partial charge is 0.338 e. The zero-order chi connectivity index (χ0) is 27.2. The Labute approximate surface area is 225 Å². The molecule has 10 heteroatoms. The fourth-order valence-corrected chi connectivity index (χ4v) is 5.15. The molecule has 0 radical (unpaired) electrons. The van der Waals surface area contributed by atoms with E-state index in [-0.39, 0.29) is 13.0 Å². The molecule has 0 saturated carbocycles. The van der Waals surface area contributed by atoms with Crippen LogP contribution < -0.4 is 15.0 Å². The Morgan fingerprint density at radius 3 is 2.50 bits per heavy atom. The van der Waals surface area contributed by atoms with Gasteiger partial charge in [0.25, 0.3) is 5.91 Å². The van der Waals surface area contributed by atoms with E-state index in [0.29, 0.717) is 35.7 Å². The lowest BCUT2D eigenvalue weighted by Gasteiger charge is -2.21. The summed E-state index contributed by atoms with van der Waals surface area (Å²) in [7, 11) is 1.51. The summed E-state index contributed by atoms with van der Waals surface area (Å²) in [6, 6.07) is 13.6. The van der Waals surface area contributed by atoms with E-state index in [9.17, 15) is 19.2 Å². The number of carbonyl (C=O) groups is 4. The maximum absolute atomic E-state index is 13.5. The van der Waals surface area contributed by atoms with Crippen molar-refractivity contribution in [1.29, 1.82) is 0 Å². The van der Waals surface area contributed by atoms with Crippen molar-refractivity contribution in [3.05, 3.63) is 76.0 Å². The maximum Gasteiger partial charge on any atom is 0.338 e. The normalized spacial score (nSPS) is 15.1. The molecule has 1 aliphatic rings. The Kier molecular flexibility index (Phi) is 8.42. The topological polar surface area (TPSA) is 105 Å². The average molecular weight is 536 g/mol. The molecule has 1 atom stereocenters. The number of aryl methyl sites for hydroxylation is 1. The van der Waals surface area contributed by atoms with Gasteiger partial charge in [-0.05, 0) is 73.7 Å². The molecule has 3 aromatic rings. The molecule has 1 fully saturated rings. The molecule has 1 saturated heterocycles. The van der Waals surface area contributed by atoms with E-state index < -0.39 is 29.9 Å². The van der Waals surface area contributed by atoms with Crippen molar-refractivity contribution in [2.45, 2.75) is 32.7 Å². The third kappa shape index (κ3) is 5.86. The van der Waals surface area contributed by atoms with Crippen LogP contribution in [0.4, 0.5) is 16.2 Å². The van der Waals surface area contributed by atoms with Crippen molar-refractivity contribution in [3.63, 3.8) is 0 Å². The fourth-order valence-electron chi connectivity index (χ4n) is 4.25. The average Bonchev–Trinajstić information content (AvgIpc) is 3.42. The lowest BCUT2D eigenvalue weighted by molar-refractivity contribution is -0.124. The zero-order valence-corrected chi connectivity index (χ0v) is 22.2. The van der Waals surface area contributed by atoms with Crippen LogP contribution in [0, 0.1) is 6.92 Å². The van der Waals surface area contributed by atoms with Gasteiger partial charge in [-0.1, -0.05) is 6.07 Å². The SMILES string of the molecule is CCOC(=O)c1ccc(NC(=O)C[C@H]2C(=O)N(c3cccc(OC)c3)C(=O)N2CCc2sccc2C)cc1. The molecule has 4 rings (SSSR count). The highest BCUT2D eigenvalue weighted by Crippen LogP contribution is 2.30. The highest BCUT2D eigenvalue weighted by atomic mass is 32.1. The van der Waals surface area contributed by atoms with Gasteiger partial charge >= 0.3 is 12.0 Å². The van der Waals surface area contributed by atoms with E-state index in [0.717, 1.165) is 15.3 Å². The predicted molar refractivity (Wildman–Crippen MR) is 145 cm³/mol. The highest BCUT2D eigenvalue weighted by molar-refractivity contribution is 7.10. The minimum atomic E-state index is -0.965. The molecule has 38 heavy (non-hydrogen) atoms. The van der Waals surface area contributed by atoms with E-state index in [2.05, 4.69) is 5.32 Å². The number of thiophene rings is 1. The predicted octanol–water partition coefficient (Wildman–Crippen LogP) is 4.65. The van der Waals surface area contributed by atoms with Gasteiger partial charge in [0.05, 0.1) is 31.4 Å². The van der Waals surface area contributed by atoms with Crippen LogP contribution in [0.5, 0.6) is 5.75 Å². The Hall–Kier alpha value is -4.18. The third-order valence-electron chi connectivity index (χ3n) is 6.24. The van der Waals surface area contributed by atoms with Crippen molar-refractivity contribution < 1.29 is 28.7 Å². The molecule has 0 bridgehead atoms. The number of esters is 1. The molecule has 198 valence electrons. The number of hydrogen-bond donors (Lipinski definition) is 1. The van der Waals surface area contributed by atoms with Crippen LogP contribution in [0.15, 0.2) is 60.0 Å². The third-order valence-corrected chi connectivity index (χ3v) is 7.32. The number of benzene rings is 2. The Morgan fingerprint density at radius 1 is 1.08 bits per heavy atom.